The standard InChI is InChI=1S/C21H23ClFN3O4S/c22-15-4-10-19(11-5-15)31(29,30)26-14-2-1-3-18(26)12-13-24-20(27)21(28)25-17-8-6-16(23)7-9-17/h4-11,18H,1-3,12-14H2,(H,24,27)(H,25,28)/t18-/m0/s1. The summed E-state index contributed by atoms with van der Waals surface area (Å²) in [5.74, 6) is -2.17. The smallest absolute Gasteiger partial charge is 0.313 e. The first kappa shape index (κ1) is 23.2. The van der Waals surface area contributed by atoms with Gasteiger partial charge in [-0.2, -0.15) is 4.31 Å². The predicted octanol–water partition coefficient (Wildman–Crippen LogP) is 3.17. The number of hydrogen-bond acceptors (Lipinski definition) is 4. The lowest BCUT2D eigenvalue weighted by atomic mass is 10.0. The first-order valence-corrected chi connectivity index (χ1v) is 11.7. The Hall–Kier alpha value is -2.49. The summed E-state index contributed by atoms with van der Waals surface area (Å²) >= 11 is 5.86. The van der Waals surface area contributed by atoms with Gasteiger partial charge in [-0.25, -0.2) is 12.8 Å². The van der Waals surface area contributed by atoms with Crippen LogP contribution in [-0.4, -0.2) is 43.7 Å². The Morgan fingerprint density at radius 1 is 1.03 bits per heavy atom. The number of halogens is 2. The third-order valence-electron chi connectivity index (χ3n) is 5.06. The zero-order valence-corrected chi connectivity index (χ0v) is 18.3. The number of benzene rings is 2. The Morgan fingerprint density at radius 2 is 1.71 bits per heavy atom. The molecule has 2 aromatic rings. The molecule has 3 rings (SSSR count). The number of nitrogens with one attached hydrogen (secondary N) is 2. The maximum Gasteiger partial charge on any atom is 0.313 e. The number of carbonyl (C=O) groups is 2. The van der Waals surface area contributed by atoms with Crippen LogP contribution in [0.5, 0.6) is 0 Å². The fraction of sp³-hybridized carbons (Fsp3) is 0.333. The van der Waals surface area contributed by atoms with Crippen LogP contribution >= 0.6 is 11.6 Å². The molecule has 0 aromatic heterocycles. The van der Waals surface area contributed by atoms with Gasteiger partial charge in [0.25, 0.3) is 0 Å². The minimum atomic E-state index is -3.69. The van der Waals surface area contributed by atoms with Crippen LogP contribution in [0.25, 0.3) is 0 Å². The second-order valence-corrected chi connectivity index (χ2v) is 9.55. The fourth-order valence-corrected chi connectivity index (χ4v) is 5.32. The van der Waals surface area contributed by atoms with Crippen molar-refractivity contribution in [2.75, 3.05) is 18.4 Å². The van der Waals surface area contributed by atoms with Crippen LogP contribution in [-0.2, 0) is 19.6 Å². The molecule has 0 radical (unpaired) electrons. The maximum absolute atomic E-state index is 13.0. The van der Waals surface area contributed by atoms with Crippen molar-refractivity contribution in [3.8, 4) is 0 Å². The van der Waals surface area contributed by atoms with Crippen molar-refractivity contribution in [3.63, 3.8) is 0 Å². The molecule has 0 unspecified atom stereocenters. The summed E-state index contributed by atoms with van der Waals surface area (Å²) in [5, 5.41) is 5.35. The SMILES string of the molecule is O=C(NCC[C@@H]1CCCCN1S(=O)(=O)c1ccc(Cl)cc1)C(=O)Nc1ccc(F)cc1. The molecule has 31 heavy (non-hydrogen) atoms. The monoisotopic (exact) mass is 467 g/mol. The van der Waals surface area contributed by atoms with Crippen LogP contribution in [0, 0.1) is 5.82 Å². The number of hydrogen-bond donors (Lipinski definition) is 2. The number of rotatable bonds is 6. The highest BCUT2D eigenvalue weighted by atomic mass is 35.5. The third kappa shape index (κ3) is 6.03. The molecule has 1 fully saturated rings. The fourth-order valence-electron chi connectivity index (χ4n) is 3.47. The van der Waals surface area contributed by atoms with Crippen molar-refractivity contribution < 1.29 is 22.4 Å². The zero-order chi connectivity index (χ0) is 22.4. The molecule has 10 heteroatoms. The van der Waals surface area contributed by atoms with Crippen LogP contribution in [0.1, 0.15) is 25.7 Å². The Balaban J connectivity index is 1.56. The number of sulfonamides is 1. The lowest BCUT2D eigenvalue weighted by molar-refractivity contribution is -0.136. The van der Waals surface area contributed by atoms with Crippen LogP contribution < -0.4 is 10.6 Å². The van der Waals surface area contributed by atoms with E-state index >= 15 is 0 Å². The van der Waals surface area contributed by atoms with E-state index in [2.05, 4.69) is 10.6 Å². The minimum Gasteiger partial charge on any atom is -0.348 e. The molecule has 2 N–H and O–H groups in total. The van der Waals surface area contributed by atoms with E-state index < -0.39 is 27.7 Å². The van der Waals surface area contributed by atoms with E-state index in [0.717, 1.165) is 12.8 Å². The molecule has 1 saturated heterocycles. The van der Waals surface area contributed by atoms with Crippen LogP contribution in [0.4, 0.5) is 10.1 Å². The molecule has 7 nitrogen and oxygen atoms in total. The number of amides is 2. The Labute approximate surface area is 185 Å². The van der Waals surface area contributed by atoms with Gasteiger partial charge in [-0.15, -0.1) is 0 Å². The molecule has 0 spiro atoms. The van der Waals surface area contributed by atoms with E-state index in [9.17, 15) is 22.4 Å². The van der Waals surface area contributed by atoms with Crippen LogP contribution in [0.15, 0.2) is 53.4 Å². The summed E-state index contributed by atoms with van der Waals surface area (Å²) in [6.07, 6.45) is 2.69. The van der Waals surface area contributed by atoms with E-state index in [1.54, 1.807) is 0 Å². The van der Waals surface area contributed by atoms with Gasteiger partial charge < -0.3 is 10.6 Å². The average Bonchev–Trinajstić information content (AvgIpc) is 2.76. The normalized spacial score (nSPS) is 17.2. The van der Waals surface area contributed by atoms with Gasteiger partial charge in [0.2, 0.25) is 10.0 Å². The molecule has 1 aliphatic rings. The van der Waals surface area contributed by atoms with E-state index in [1.165, 1.54) is 52.8 Å². The Bertz CT molecular complexity index is 1030. The van der Waals surface area contributed by atoms with E-state index in [4.69, 9.17) is 11.6 Å². The summed E-state index contributed by atoms with van der Waals surface area (Å²) < 4.78 is 40.5. The van der Waals surface area contributed by atoms with Crippen molar-refractivity contribution in [3.05, 3.63) is 59.4 Å². The van der Waals surface area contributed by atoms with Crippen molar-refractivity contribution in [1.82, 2.24) is 9.62 Å². The van der Waals surface area contributed by atoms with Crippen molar-refractivity contribution >= 4 is 39.1 Å². The third-order valence-corrected chi connectivity index (χ3v) is 7.28. The molecule has 0 saturated carbocycles. The van der Waals surface area contributed by atoms with E-state index in [-0.39, 0.29) is 17.5 Å². The molecule has 2 aromatic carbocycles. The van der Waals surface area contributed by atoms with Gasteiger partial charge in [-0.1, -0.05) is 18.0 Å². The summed E-state index contributed by atoms with van der Waals surface area (Å²) in [5.41, 5.74) is 0.300. The molecule has 1 atom stereocenters. The van der Waals surface area contributed by atoms with Gasteiger partial charge >= 0.3 is 11.8 Å². The molecular weight excluding hydrogens is 445 g/mol. The summed E-state index contributed by atoms with van der Waals surface area (Å²) in [7, 11) is -3.69. The van der Waals surface area contributed by atoms with Gasteiger partial charge in [0.15, 0.2) is 0 Å². The van der Waals surface area contributed by atoms with Crippen molar-refractivity contribution in [1.29, 1.82) is 0 Å². The first-order valence-electron chi connectivity index (χ1n) is 9.89. The highest BCUT2D eigenvalue weighted by molar-refractivity contribution is 7.89. The second kappa shape index (κ2) is 10.2. The number of piperidine rings is 1. The largest absolute Gasteiger partial charge is 0.348 e. The highest BCUT2D eigenvalue weighted by Crippen LogP contribution is 2.27. The molecule has 1 heterocycles. The van der Waals surface area contributed by atoms with Crippen molar-refractivity contribution in [2.45, 2.75) is 36.6 Å². The molecule has 1 aliphatic heterocycles. The lowest BCUT2D eigenvalue weighted by Gasteiger charge is -2.34. The van der Waals surface area contributed by atoms with E-state index in [1.807, 2.05) is 0 Å². The van der Waals surface area contributed by atoms with Gasteiger partial charge in [0, 0.05) is 29.8 Å². The van der Waals surface area contributed by atoms with Gasteiger partial charge in [0.1, 0.15) is 5.82 Å². The molecule has 166 valence electrons. The topological polar surface area (TPSA) is 95.6 Å². The number of carbonyl (C=O) groups excluding carboxylic acids is 2. The van der Waals surface area contributed by atoms with Gasteiger partial charge in [-0.05, 0) is 67.8 Å². The van der Waals surface area contributed by atoms with Gasteiger partial charge in [0.05, 0.1) is 4.90 Å². The molecule has 0 aliphatic carbocycles. The zero-order valence-electron chi connectivity index (χ0n) is 16.7. The highest BCUT2D eigenvalue weighted by Gasteiger charge is 2.33. The molecular formula is C21H23ClFN3O4S. The minimum absolute atomic E-state index is 0.146. The molecule has 0 bridgehead atoms. The summed E-state index contributed by atoms with van der Waals surface area (Å²) in [6.45, 7) is 0.543. The average molecular weight is 468 g/mol. The Morgan fingerprint density at radius 3 is 2.39 bits per heavy atom. The maximum atomic E-state index is 13.0. The number of nitrogens with zero attached hydrogens (tertiary/aromatic N) is 1. The van der Waals surface area contributed by atoms with E-state index in [0.29, 0.717) is 30.1 Å². The number of anilines is 1. The van der Waals surface area contributed by atoms with Gasteiger partial charge in [-0.3, -0.25) is 9.59 Å². The molecule has 2 amide bonds. The lowest BCUT2D eigenvalue weighted by Crippen LogP contribution is -2.45. The predicted molar refractivity (Wildman–Crippen MR) is 116 cm³/mol. The summed E-state index contributed by atoms with van der Waals surface area (Å²) in [6, 6.07) is 10.8. The van der Waals surface area contributed by atoms with Crippen LogP contribution in [0.3, 0.4) is 0 Å². The second-order valence-electron chi connectivity index (χ2n) is 7.22. The quantitative estimate of drug-likeness (QED) is 0.638. The first-order chi connectivity index (χ1) is 14.8. The summed E-state index contributed by atoms with van der Waals surface area (Å²) in [4.78, 5) is 24.2. The van der Waals surface area contributed by atoms with Crippen LogP contribution in [0.2, 0.25) is 5.02 Å². The Kier molecular flexibility index (Phi) is 7.64. The van der Waals surface area contributed by atoms with Crippen molar-refractivity contribution in [2.24, 2.45) is 0 Å².